The maximum atomic E-state index is 13.5. The van der Waals surface area contributed by atoms with Gasteiger partial charge in [0.05, 0.1) is 13.2 Å². The zero-order valence-corrected chi connectivity index (χ0v) is 17.5. The topological polar surface area (TPSA) is 24.7 Å². The lowest BCUT2D eigenvalue weighted by Gasteiger charge is -2.31. The zero-order chi connectivity index (χ0) is 21.5. The molecule has 0 amide bonds. The van der Waals surface area contributed by atoms with Crippen molar-refractivity contribution in [3.05, 3.63) is 89.5 Å². The van der Waals surface area contributed by atoms with Crippen LogP contribution >= 0.6 is 0 Å². The quantitative estimate of drug-likeness (QED) is 0.539. The number of morpholine rings is 2. The number of hydrogen-bond donors (Lipinski definition) is 0. The van der Waals surface area contributed by atoms with Gasteiger partial charge in [-0.15, -0.1) is 0 Å². The summed E-state index contributed by atoms with van der Waals surface area (Å²) in [5, 5.41) is 0. The molecule has 31 heavy (non-hydrogen) atoms. The molecule has 0 N–H and O–H groups in total. The first-order chi connectivity index (χ1) is 15.2. The van der Waals surface area contributed by atoms with Gasteiger partial charge in [-0.2, -0.15) is 0 Å². The molecule has 0 radical (unpaired) electrons. The fraction of sp³-hybridized carbons (Fsp3) is 0.320. The standard InChI is InChI=1S/C25H27F2N2O2/c26-22-8-4-20(5-9-22)24(28-12-16-30-17-13-28)2-1-3-25(29-14-18-31-19-15-29)21-6-10-23(27)11-7-21/h1-11H,12-19H2/q+1. The molecule has 0 aromatic heterocycles. The largest absolute Gasteiger partial charge is 0.378 e. The molecule has 2 fully saturated rings. The Morgan fingerprint density at radius 3 is 1.94 bits per heavy atom. The van der Waals surface area contributed by atoms with Crippen molar-refractivity contribution < 1.29 is 22.8 Å². The van der Waals surface area contributed by atoms with Gasteiger partial charge in [-0.3, -0.25) is 0 Å². The predicted molar refractivity (Wildman–Crippen MR) is 117 cm³/mol. The molecule has 2 aliphatic rings. The second-order valence-corrected chi connectivity index (χ2v) is 7.51. The van der Waals surface area contributed by atoms with Crippen molar-refractivity contribution in [2.45, 2.75) is 0 Å². The second-order valence-electron chi connectivity index (χ2n) is 7.51. The molecule has 2 aromatic rings. The van der Waals surface area contributed by atoms with Crippen LogP contribution in [0.1, 0.15) is 11.1 Å². The van der Waals surface area contributed by atoms with Crippen LogP contribution in [0, 0.1) is 11.6 Å². The molecule has 4 nitrogen and oxygen atoms in total. The Morgan fingerprint density at radius 1 is 0.774 bits per heavy atom. The summed E-state index contributed by atoms with van der Waals surface area (Å²) in [6.45, 7) is 5.83. The smallest absolute Gasteiger partial charge is 0.207 e. The van der Waals surface area contributed by atoms with Gasteiger partial charge in [0.15, 0.2) is 13.1 Å². The highest BCUT2D eigenvalue weighted by Gasteiger charge is 2.19. The van der Waals surface area contributed by atoms with Crippen LogP contribution in [0.4, 0.5) is 8.78 Å². The number of halogens is 2. The number of rotatable bonds is 5. The van der Waals surface area contributed by atoms with Crippen LogP contribution in [0.25, 0.3) is 5.70 Å². The van der Waals surface area contributed by atoms with Gasteiger partial charge >= 0.3 is 0 Å². The summed E-state index contributed by atoms with van der Waals surface area (Å²) in [5.74, 6) is -0.500. The molecule has 0 atom stereocenters. The Kier molecular flexibility index (Phi) is 7.22. The molecular weight excluding hydrogens is 398 g/mol. The van der Waals surface area contributed by atoms with Crippen LogP contribution in [-0.2, 0) is 9.47 Å². The molecule has 0 unspecified atom stereocenters. The normalized spacial score (nSPS) is 17.9. The molecule has 2 heterocycles. The Balaban J connectivity index is 1.67. The summed E-state index contributed by atoms with van der Waals surface area (Å²) in [6, 6.07) is 13.1. The van der Waals surface area contributed by atoms with E-state index < -0.39 is 0 Å². The Bertz CT molecular complexity index is 952. The molecule has 4 rings (SSSR count). The van der Waals surface area contributed by atoms with Crippen molar-refractivity contribution in [2.75, 3.05) is 52.6 Å². The van der Waals surface area contributed by atoms with Crippen molar-refractivity contribution in [3.8, 4) is 0 Å². The first kappa shape index (κ1) is 21.4. The third-order valence-electron chi connectivity index (χ3n) is 5.49. The van der Waals surface area contributed by atoms with Crippen LogP contribution in [0.15, 0.2) is 66.8 Å². The highest BCUT2D eigenvalue weighted by atomic mass is 19.1. The second kappa shape index (κ2) is 10.5. The summed E-state index contributed by atoms with van der Waals surface area (Å²) in [6.07, 6.45) is 6.13. The van der Waals surface area contributed by atoms with Gasteiger partial charge in [-0.25, -0.2) is 13.4 Å². The van der Waals surface area contributed by atoms with E-state index in [0.29, 0.717) is 26.4 Å². The summed E-state index contributed by atoms with van der Waals surface area (Å²) in [5.41, 5.74) is 3.98. The Hall–Kier alpha value is -2.83. The molecule has 2 saturated heterocycles. The van der Waals surface area contributed by atoms with Crippen LogP contribution in [-0.4, -0.2) is 67.8 Å². The van der Waals surface area contributed by atoms with Gasteiger partial charge in [-0.05, 0) is 60.2 Å². The molecule has 0 bridgehead atoms. The van der Waals surface area contributed by atoms with Crippen LogP contribution in [0.2, 0.25) is 0 Å². The minimum Gasteiger partial charge on any atom is -0.378 e. The minimum absolute atomic E-state index is 0.250. The average molecular weight is 425 g/mol. The molecule has 2 aromatic carbocycles. The Morgan fingerprint density at radius 2 is 1.32 bits per heavy atom. The first-order valence-corrected chi connectivity index (χ1v) is 10.6. The van der Waals surface area contributed by atoms with Crippen molar-refractivity contribution in [1.82, 2.24) is 4.90 Å². The predicted octanol–water partition coefficient (Wildman–Crippen LogP) is 3.73. The van der Waals surface area contributed by atoms with Gasteiger partial charge in [0.25, 0.3) is 0 Å². The first-order valence-electron chi connectivity index (χ1n) is 10.6. The van der Waals surface area contributed by atoms with E-state index in [4.69, 9.17) is 9.47 Å². The number of hydrogen-bond acceptors (Lipinski definition) is 3. The lowest BCUT2D eigenvalue weighted by atomic mass is 10.1. The Labute approximate surface area is 181 Å². The molecule has 2 aliphatic heterocycles. The summed E-state index contributed by atoms with van der Waals surface area (Å²) in [7, 11) is 0. The van der Waals surface area contributed by atoms with E-state index in [1.54, 1.807) is 24.3 Å². The van der Waals surface area contributed by atoms with Crippen molar-refractivity contribution in [2.24, 2.45) is 0 Å². The van der Waals surface area contributed by atoms with Gasteiger partial charge in [0.2, 0.25) is 5.71 Å². The zero-order valence-electron chi connectivity index (χ0n) is 17.5. The van der Waals surface area contributed by atoms with E-state index in [2.05, 4.69) is 21.6 Å². The fourth-order valence-corrected chi connectivity index (χ4v) is 3.85. The van der Waals surface area contributed by atoms with Gasteiger partial charge in [0.1, 0.15) is 24.8 Å². The van der Waals surface area contributed by atoms with Gasteiger partial charge < -0.3 is 14.4 Å². The summed E-state index contributed by atoms with van der Waals surface area (Å²) < 4.78 is 40.2. The van der Waals surface area contributed by atoms with Crippen molar-refractivity contribution in [1.29, 1.82) is 0 Å². The third-order valence-corrected chi connectivity index (χ3v) is 5.49. The van der Waals surface area contributed by atoms with Crippen molar-refractivity contribution in [3.63, 3.8) is 0 Å². The molecule has 6 heteroatoms. The van der Waals surface area contributed by atoms with E-state index in [0.717, 1.165) is 48.7 Å². The van der Waals surface area contributed by atoms with Crippen molar-refractivity contribution >= 4 is 11.4 Å². The molecule has 0 saturated carbocycles. The van der Waals surface area contributed by atoms with Crippen LogP contribution < -0.4 is 0 Å². The third kappa shape index (κ3) is 5.66. The van der Waals surface area contributed by atoms with E-state index in [1.807, 2.05) is 6.08 Å². The maximum Gasteiger partial charge on any atom is 0.207 e. The number of ether oxygens (including phenoxy) is 2. The monoisotopic (exact) mass is 425 g/mol. The average Bonchev–Trinajstić information content (AvgIpc) is 2.82. The summed E-state index contributed by atoms with van der Waals surface area (Å²) >= 11 is 0. The number of nitrogens with zero attached hydrogens (tertiary/aromatic N) is 2. The summed E-state index contributed by atoms with van der Waals surface area (Å²) in [4.78, 5) is 2.26. The lowest BCUT2D eigenvalue weighted by molar-refractivity contribution is -0.548. The highest BCUT2D eigenvalue weighted by Crippen LogP contribution is 2.21. The highest BCUT2D eigenvalue weighted by molar-refractivity contribution is 6.05. The minimum atomic E-state index is -0.250. The van der Waals surface area contributed by atoms with E-state index in [-0.39, 0.29) is 11.6 Å². The van der Waals surface area contributed by atoms with Gasteiger partial charge in [0, 0.05) is 30.4 Å². The SMILES string of the molecule is Fc1ccc(C(/C=C/C=C(/c2ccc(F)cc2)N2CCOCC2)=[N+]2CCOCC2)cc1. The fourth-order valence-electron chi connectivity index (χ4n) is 3.85. The lowest BCUT2D eigenvalue weighted by Crippen LogP contribution is -2.35. The molecule has 0 aliphatic carbocycles. The van der Waals surface area contributed by atoms with Crippen LogP contribution in [0.5, 0.6) is 0 Å². The molecular formula is C25H27F2N2O2+. The van der Waals surface area contributed by atoms with E-state index >= 15 is 0 Å². The van der Waals surface area contributed by atoms with Crippen LogP contribution in [0.3, 0.4) is 0 Å². The van der Waals surface area contributed by atoms with E-state index in [9.17, 15) is 8.78 Å². The molecule has 0 spiro atoms. The maximum absolute atomic E-state index is 13.5. The van der Waals surface area contributed by atoms with Gasteiger partial charge in [-0.1, -0.05) is 6.08 Å². The number of benzene rings is 2. The molecule has 162 valence electrons. The number of allylic oxidation sites excluding steroid dienone is 3. The van der Waals surface area contributed by atoms with E-state index in [1.165, 1.54) is 24.3 Å².